The number of nitrogens with zero attached hydrogens (tertiary/aromatic N) is 6. The Morgan fingerprint density at radius 1 is 1.00 bits per heavy atom. The first-order valence-electron chi connectivity index (χ1n) is 8.52. The minimum atomic E-state index is 0.486. The van der Waals surface area contributed by atoms with Gasteiger partial charge in [0.25, 0.3) is 0 Å². The summed E-state index contributed by atoms with van der Waals surface area (Å²) in [6.07, 6.45) is 1.69. The third-order valence-electron chi connectivity index (χ3n) is 4.40. The highest BCUT2D eigenvalue weighted by molar-refractivity contribution is 7.99. The molecule has 0 spiro atoms. The fourth-order valence-electron chi connectivity index (χ4n) is 2.98. The molecule has 2 aromatic heterocycles. The summed E-state index contributed by atoms with van der Waals surface area (Å²) < 4.78 is 3.40. The van der Waals surface area contributed by atoms with E-state index in [0.29, 0.717) is 28.0 Å². The van der Waals surface area contributed by atoms with Gasteiger partial charge in [-0.1, -0.05) is 53.7 Å². The van der Waals surface area contributed by atoms with Gasteiger partial charge < -0.3 is 5.73 Å². The van der Waals surface area contributed by atoms with Gasteiger partial charge in [0.05, 0.1) is 23.2 Å². The lowest BCUT2D eigenvalue weighted by Crippen LogP contribution is -2.13. The van der Waals surface area contributed by atoms with Crippen LogP contribution in [-0.4, -0.2) is 36.1 Å². The van der Waals surface area contributed by atoms with E-state index in [1.165, 1.54) is 0 Å². The number of fused-ring (bicyclic) bond motifs is 1. The molecular formula is C19H14ClN7S. The van der Waals surface area contributed by atoms with Gasteiger partial charge in [-0.2, -0.15) is 14.9 Å². The standard InChI is InChI=1S/C19H14ClN7S/c20-13-8-6-12(7-9-13)16-11-28-19-24-23-18(27(19)25-16)15-10-22-26(17(15)21)14-4-2-1-3-5-14/h1-10H,11,21H2. The number of anilines is 1. The molecule has 1 aliphatic rings. The fraction of sp³-hybridized carbons (Fsp3) is 0.0526. The van der Waals surface area contributed by atoms with Gasteiger partial charge in [-0.15, -0.1) is 10.2 Å². The van der Waals surface area contributed by atoms with Crippen LogP contribution in [0.3, 0.4) is 0 Å². The molecule has 0 radical (unpaired) electrons. The number of hydrogen-bond donors (Lipinski definition) is 1. The van der Waals surface area contributed by atoms with Crippen molar-refractivity contribution in [1.82, 2.24) is 24.7 Å². The molecule has 0 fully saturated rings. The van der Waals surface area contributed by atoms with Crippen molar-refractivity contribution in [2.24, 2.45) is 5.10 Å². The summed E-state index contributed by atoms with van der Waals surface area (Å²) in [6.45, 7) is 0. The molecule has 0 aliphatic carbocycles. The molecule has 138 valence electrons. The number of aromatic nitrogens is 5. The Kier molecular flexibility index (Phi) is 4.14. The summed E-state index contributed by atoms with van der Waals surface area (Å²) in [5, 5.41) is 19.2. The van der Waals surface area contributed by atoms with Crippen LogP contribution >= 0.6 is 23.4 Å². The number of halogens is 1. The highest BCUT2D eigenvalue weighted by Crippen LogP contribution is 2.32. The second-order valence-electron chi connectivity index (χ2n) is 6.15. The van der Waals surface area contributed by atoms with Crippen molar-refractivity contribution in [2.45, 2.75) is 5.16 Å². The summed E-state index contributed by atoms with van der Waals surface area (Å²) in [7, 11) is 0. The molecule has 28 heavy (non-hydrogen) atoms. The van der Waals surface area contributed by atoms with Gasteiger partial charge in [0.2, 0.25) is 5.16 Å². The predicted molar refractivity (Wildman–Crippen MR) is 111 cm³/mol. The van der Waals surface area contributed by atoms with Gasteiger partial charge >= 0.3 is 0 Å². The molecule has 1 aliphatic heterocycles. The molecule has 4 aromatic rings. The third kappa shape index (κ3) is 2.87. The molecule has 5 rings (SSSR count). The van der Waals surface area contributed by atoms with E-state index in [0.717, 1.165) is 22.1 Å². The topological polar surface area (TPSA) is 86.9 Å². The van der Waals surface area contributed by atoms with E-state index in [1.807, 2.05) is 54.6 Å². The van der Waals surface area contributed by atoms with Crippen LogP contribution in [0, 0.1) is 0 Å². The van der Waals surface area contributed by atoms with Crippen molar-refractivity contribution in [1.29, 1.82) is 0 Å². The molecule has 0 amide bonds. The SMILES string of the molecule is Nc1c(-c2nnc3n2N=C(c2ccc(Cl)cc2)CS3)cnn1-c1ccccc1. The van der Waals surface area contributed by atoms with Gasteiger partial charge in [-0.25, -0.2) is 4.68 Å². The summed E-state index contributed by atoms with van der Waals surface area (Å²) in [6, 6.07) is 17.3. The zero-order chi connectivity index (χ0) is 19.1. The van der Waals surface area contributed by atoms with Gasteiger partial charge in [0, 0.05) is 10.8 Å². The minimum Gasteiger partial charge on any atom is -0.383 e. The maximum Gasteiger partial charge on any atom is 0.212 e. The second-order valence-corrected chi connectivity index (χ2v) is 7.53. The van der Waals surface area contributed by atoms with E-state index in [2.05, 4.69) is 15.3 Å². The largest absolute Gasteiger partial charge is 0.383 e. The molecule has 0 bridgehead atoms. The van der Waals surface area contributed by atoms with E-state index in [4.69, 9.17) is 22.4 Å². The molecule has 2 aromatic carbocycles. The monoisotopic (exact) mass is 407 g/mol. The Hall–Kier alpha value is -3.10. The molecule has 0 atom stereocenters. The Bertz CT molecular complexity index is 1180. The maximum atomic E-state index is 6.37. The average Bonchev–Trinajstić information content (AvgIpc) is 3.32. The number of para-hydroxylation sites is 1. The maximum absolute atomic E-state index is 6.37. The van der Waals surface area contributed by atoms with Crippen LogP contribution in [-0.2, 0) is 0 Å². The molecule has 7 nitrogen and oxygen atoms in total. The van der Waals surface area contributed by atoms with Crippen molar-refractivity contribution >= 4 is 34.9 Å². The first-order valence-corrected chi connectivity index (χ1v) is 9.88. The summed E-state index contributed by atoms with van der Waals surface area (Å²) in [4.78, 5) is 0. The number of benzene rings is 2. The van der Waals surface area contributed by atoms with E-state index < -0.39 is 0 Å². The van der Waals surface area contributed by atoms with Gasteiger partial charge in [-0.3, -0.25) is 0 Å². The van der Waals surface area contributed by atoms with Gasteiger partial charge in [-0.05, 0) is 29.8 Å². The zero-order valence-electron chi connectivity index (χ0n) is 14.5. The number of rotatable bonds is 3. The molecular weight excluding hydrogens is 394 g/mol. The molecule has 0 saturated carbocycles. The molecule has 9 heteroatoms. The van der Waals surface area contributed by atoms with Crippen LogP contribution in [0.1, 0.15) is 5.56 Å². The zero-order valence-corrected chi connectivity index (χ0v) is 16.1. The molecule has 3 heterocycles. The Morgan fingerprint density at radius 3 is 2.57 bits per heavy atom. The highest BCUT2D eigenvalue weighted by Gasteiger charge is 2.23. The third-order valence-corrected chi connectivity index (χ3v) is 5.58. The Labute approximate surface area is 169 Å². The van der Waals surface area contributed by atoms with Crippen molar-refractivity contribution in [2.75, 3.05) is 11.5 Å². The van der Waals surface area contributed by atoms with E-state index in [1.54, 1.807) is 27.3 Å². The highest BCUT2D eigenvalue weighted by atomic mass is 35.5. The van der Waals surface area contributed by atoms with Crippen molar-refractivity contribution in [3.63, 3.8) is 0 Å². The summed E-state index contributed by atoms with van der Waals surface area (Å²) in [5.74, 6) is 1.76. The fourth-order valence-corrected chi connectivity index (χ4v) is 3.95. The Morgan fingerprint density at radius 2 is 1.79 bits per heavy atom. The van der Waals surface area contributed by atoms with Crippen LogP contribution in [0.2, 0.25) is 5.02 Å². The van der Waals surface area contributed by atoms with Crippen LogP contribution in [0.5, 0.6) is 0 Å². The lowest BCUT2D eigenvalue weighted by molar-refractivity contribution is 0.762. The van der Waals surface area contributed by atoms with Crippen molar-refractivity contribution in [3.05, 3.63) is 71.4 Å². The van der Waals surface area contributed by atoms with E-state index in [-0.39, 0.29) is 0 Å². The molecule has 2 N–H and O–H groups in total. The van der Waals surface area contributed by atoms with E-state index in [9.17, 15) is 0 Å². The number of hydrogen-bond acceptors (Lipinski definition) is 6. The first kappa shape index (κ1) is 17.0. The number of nitrogens with two attached hydrogens (primary N) is 1. The smallest absolute Gasteiger partial charge is 0.212 e. The number of thioether (sulfide) groups is 1. The molecule has 0 unspecified atom stereocenters. The normalized spacial score (nSPS) is 13.2. The molecule has 0 saturated heterocycles. The lowest BCUT2D eigenvalue weighted by Gasteiger charge is -2.14. The number of nitrogen functional groups attached to an aromatic ring is 1. The van der Waals surface area contributed by atoms with Gasteiger partial charge in [0.1, 0.15) is 5.82 Å². The first-order chi connectivity index (χ1) is 13.7. The quantitative estimate of drug-likeness (QED) is 0.559. The van der Waals surface area contributed by atoms with Crippen LogP contribution in [0.25, 0.3) is 17.1 Å². The average molecular weight is 408 g/mol. The second kappa shape index (κ2) is 6.81. The Balaban J connectivity index is 1.58. The minimum absolute atomic E-state index is 0.486. The van der Waals surface area contributed by atoms with Gasteiger partial charge in [0.15, 0.2) is 5.82 Å². The summed E-state index contributed by atoms with van der Waals surface area (Å²) in [5.41, 5.74) is 9.87. The van der Waals surface area contributed by atoms with Crippen molar-refractivity contribution < 1.29 is 0 Å². The predicted octanol–water partition coefficient (Wildman–Crippen LogP) is 3.72. The lowest BCUT2D eigenvalue weighted by atomic mass is 10.1. The summed E-state index contributed by atoms with van der Waals surface area (Å²) >= 11 is 7.57. The van der Waals surface area contributed by atoms with Crippen LogP contribution in [0.4, 0.5) is 5.82 Å². The van der Waals surface area contributed by atoms with Crippen LogP contribution in [0.15, 0.2) is 71.1 Å². The van der Waals surface area contributed by atoms with E-state index >= 15 is 0 Å². The van der Waals surface area contributed by atoms with Crippen LogP contribution < -0.4 is 5.73 Å². The van der Waals surface area contributed by atoms with Crippen molar-refractivity contribution in [3.8, 4) is 17.1 Å².